The van der Waals surface area contributed by atoms with E-state index in [-0.39, 0.29) is 11.8 Å². The van der Waals surface area contributed by atoms with Crippen molar-refractivity contribution < 1.29 is 0 Å². The molecule has 4 aromatic carbocycles. The smallest absolute Gasteiger partial charge is 0.0558 e. The van der Waals surface area contributed by atoms with Crippen molar-refractivity contribution in [1.82, 2.24) is 4.57 Å². The molecule has 0 spiro atoms. The summed E-state index contributed by atoms with van der Waals surface area (Å²) in [6.07, 6.45) is 9.28. The van der Waals surface area contributed by atoms with Crippen LogP contribution in [0, 0.1) is 0 Å². The maximum atomic E-state index is 2.48. The molecule has 1 aromatic heterocycles. The molecule has 2 unspecified atom stereocenters. The Bertz CT molecular complexity index is 1770. The number of benzene rings is 4. The van der Waals surface area contributed by atoms with Gasteiger partial charge in [0, 0.05) is 24.4 Å². The van der Waals surface area contributed by atoms with Crippen LogP contribution in [0.2, 0.25) is 0 Å². The van der Waals surface area contributed by atoms with Crippen LogP contribution >= 0.6 is 0 Å². The van der Waals surface area contributed by atoms with E-state index in [1.165, 1.54) is 61.5 Å². The minimum absolute atomic E-state index is 0.149. The molecule has 0 radical (unpaired) electrons. The van der Waals surface area contributed by atoms with E-state index in [0.717, 1.165) is 12.8 Å². The number of nitrogens with zero attached hydrogens (tertiary/aromatic N) is 1. The van der Waals surface area contributed by atoms with Gasteiger partial charge in [0.05, 0.1) is 11.4 Å². The van der Waals surface area contributed by atoms with Gasteiger partial charge in [0.15, 0.2) is 0 Å². The van der Waals surface area contributed by atoms with Crippen LogP contribution in [0.25, 0.3) is 28.0 Å². The molecule has 1 nitrogen and oxygen atoms in total. The number of rotatable bonds is 5. The van der Waals surface area contributed by atoms with Crippen LogP contribution in [0.3, 0.4) is 0 Å². The van der Waals surface area contributed by atoms with Crippen LogP contribution in [0.1, 0.15) is 65.1 Å². The van der Waals surface area contributed by atoms with Gasteiger partial charge in [-0.2, -0.15) is 0 Å². The highest BCUT2D eigenvalue weighted by Crippen LogP contribution is 2.58. The Morgan fingerprint density at radius 1 is 0.585 bits per heavy atom. The molecular formula is C40H35N. The lowest BCUT2D eigenvalue weighted by Gasteiger charge is -2.37. The second kappa shape index (κ2) is 10.7. The summed E-state index contributed by atoms with van der Waals surface area (Å²) in [6.45, 7) is 2.36. The monoisotopic (exact) mass is 529 g/mol. The van der Waals surface area contributed by atoms with E-state index in [9.17, 15) is 0 Å². The van der Waals surface area contributed by atoms with Crippen molar-refractivity contribution in [2.75, 3.05) is 0 Å². The largest absolute Gasteiger partial charge is 0.343 e. The summed E-state index contributed by atoms with van der Waals surface area (Å²) < 4.78 is 2.48. The van der Waals surface area contributed by atoms with Gasteiger partial charge in [-0.3, -0.25) is 0 Å². The van der Waals surface area contributed by atoms with Gasteiger partial charge >= 0.3 is 0 Å². The first-order valence-corrected chi connectivity index (χ1v) is 14.8. The lowest BCUT2D eigenvalue weighted by molar-refractivity contribution is 0.720. The van der Waals surface area contributed by atoms with E-state index in [0.29, 0.717) is 0 Å². The second-order valence-corrected chi connectivity index (χ2v) is 11.2. The molecule has 2 aliphatic carbocycles. The summed E-state index contributed by atoms with van der Waals surface area (Å²) in [5.41, 5.74) is 14.9. The molecule has 1 heterocycles. The Balaban J connectivity index is 1.66. The van der Waals surface area contributed by atoms with Gasteiger partial charge in [0.2, 0.25) is 0 Å². The fourth-order valence-corrected chi connectivity index (χ4v) is 7.21. The zero-order valence-electron chi connectivity index (χ0n) is 23.8. The predicted molar refractivity (Wildman–Crippen MR) is 174 cm³/mol. The van der Waals surface area contributed by atoms with E-state index < -0.39 is 0 Å². The topological polar surface area (TPSA) is 4.93 Å². The molecule has 7 rings (SSSR count). The van der Waals surface area contributed by atoms with Gasteiger partial charge in [0.1, 0.15) is 0 Å². The highest BCUT2D eigenvalue weighted by molar-refractivity contribution is 6.02. The summed E-state index contributed by atoms with van der Waals surface area (Å²) in [6, 6.07) is 44.4. The number of aromatic nitrogens is 1. The van der Waals surface area contributed by atoms with Gasteiger partial charge in [-0.25, -0.2) is 0 Å². The molecule has 0 fully saturated rings. The number of hydrogen-bond acceptors (Lipinski definition) is 0. The van der Waals surface area contributed by atoms with Gasteiger partial charge in [0.25, 0.3) is 0 Å². The molecule has 0 amide bonds. The molecule has 0 bridgehead atoms. The molecule has 0 saturated carbocycles. The lowest BCUT2D eigenvalue weighted by atomic mass is 9.64. The predicted octanol–water partition coefficient (Wildman–Crippen LogP) is 10.3. The van der Waals surface area contributed by atoms with Crippen LogP contribution in [0.15, 0.2) is 140 Å². The van der Waals surface area contributed by atoms with Crippen molar-refractivity contribution in [2.45, 2.75) is 31.6 Å². The molecule has 0 saturated heterocycles. The number of allylic oxidation sites excluding steroid dienone is 6. The molecule has 2 aliphatic rings. The van der Waals surface area contributed by atoms with E-state index in [1.54, 1.807) is 0 Å². The zero-order valence-corrected chi connectivity index (χ0v) is 23.8. The first-order chi connectivity index (χ1) is 20.2. The van der Waals surface area contributed by atoms with E-state index >= 15 is 0 Å². The molecule has 2 atom stereocenters. The average Bonchev–Trinajstić information content (AvgIpc) is 3.35. The first-order valence-electron chi connectivity index (χ1n) is 14.8. The molecule has 41 heavy (non-hydrogen) atoms. The Hall–Kier alpha value is -4.62. The van der Waals surface area contributed by atoms with E-state index in [4.69, 9.17) is 0 Å². The van der Waals surface area contributed by atoms with Crippen molar-refractivity contribution in [3.05, 3.63) is 173 Å². The van der Waals surface area contributed by atoms with Gasteiger partial charge < -0.3 is 4.57 Å². The summed E-state index contributed by atoms with van der Waals surface area (Å²) in [5, 5.41) is 0. The van der Waals surface area contributed by atoms with Crippen molar-refractivity contribution in [1.29, 1.82) is 0 Å². The molecule has 5 aromatic rings. The summed E-state index contributed by atoms with van der Waals surface area (Å²) in [7, 11) is 2.27. The third-order valence-electron chi connectivity index (χ3n) is 8.88. The number of fused-ring (bicyclic) bond motifs is 1. The Morgan fingerprint density at radius 3 is 1.68 bits per heavy atom. The van der Waals surface area contributed by atoms with E-state index in [1.807, 2.05) is 0 Å². The fourth-order valence-electron chi connectivity index (χ4n) is 7.21. The lowest BCUT2D eigenvalue weighted by Crippen LogP contribution is -2.21. The van der Waals surface area contributed by atoms with Crippen LogP contribution < -0.4 is 0 Å². The van der Waals surface area contributed by atoms with Crippen molar-refractivity contribution in [3.63, 3.8) is 0 Å². The summed E-state index contributed by atoms with van der Waals surface area (Å²) in [5.74, 6) is 0.318. The zero-order chi connectivity index (χ0) is 27.8. The molecule has 0 N–H and O–H groups in total. The highest BCUT2D eigenvalue weighted by Gasteiger charge is 2.42. The van der Waals surface area contributed by atoms with Crippen LogP contribution in [-0.4, -0.2) is 4.57 Å². The van der Waals surface area contributed by atoms with Crippen molar-refractivity contribution >= 4 is 16.7 Å². The standard InChI is InChI=1S/C40H35N/c1-28-34(29-18-8-3-9-19-29)36(30-20-10-4-11-21-30)37(31-22-12-5-13-23-31)38-35(28)39(32-24-14-6-15-25-32)41(2)40(38)33-26-16-7-17-27-33/h3-5,7-14,16-27,36-37H,6,15H2,1-2H3. The van der Waals surface area contributed by atoms with Gasteiger partial charge in [-0.15, -0.1) is 0 Å². The highest BCUT2D eigenvalue weighted by atomic mass is 15.0. The van der Waals surface area contributed by atoms with Crippen LogP contribution in [-0.2, 0) is 7.05 Å². The third-order valence-corrected chi connectivity index (χ3v) is 8.88. The molecule has 1 heteroatoms. The first kappa shape index (κ1) is 25.4. The van der Waals surface area contributed by atoms with Crippen molar-refractivity contribution in [3.8, 4) is 11.3 Å². The average molecular weight is 530 g/mol. The Labute approximate surface area is 243 Å². The SMILES string of the molecule is CC1=C(c2ccccc2)C(c2ccccc2)C(c2ccccc2)c2c1c(C1=CCCC=C1)n(C)c2-c1ccccc1. The quantitative estimate of drug-likeness (QED) is 0.213. The van der Waals surface area contributed by atoms with Crippen molar-refractivity contribution in [2.24, 2.45) is 7.05 Å². The summed E-state index contributed by atoms with van der Waals surface area (Å²) >= 11 is 0. The second-order valence-electron chi connectivity index (χ2n) is 11.2. The van der Waals surface area contributed by atoms with Gasteiger partial charge in [-0.05, 0) is 64.3 Å². The maximum Gasteiger partial charge on any atom is 0.0558 e. The van der Waals surface area contributed by atoms with Crippen LogP contribution in [0.4, 0.5) is 0 Å². The summed E-state index contributed by atoms with van der Waals surface area (Å²) in [4.78, 5) is 0. The molecule has 200 valence electrons. The Morgan fingerprint density at radius 2 is 1.12 bits per heavy atom. The number of hydrogen-bond donors (Lipinski definition) is 0. The minimum atomic E-state index is 0.149. The van der Waals surface area contributed by atoms with Gasteiger partial charge in [-0.1, -0.05) is 140 Å². The van der Waals surface area contributed by atoms with Crippen LogP contribution in [0.5, 0.6) is 0 Å². The normalized spacial score (nSPS) is 18.2. The molecular weight excluding hydrogens is 494 g/mol. The van der Waals surface area contributed by atoms with E-state index in [2.05, 4.69) is 158 Å². The Kier molecular flexibility index (Phi) is 6.65. The third kappa shape index (κ3) is 4.33. The molecule has 0 aliphatic heterocycles. The minimum Gasteiger partial charge on any atom is -0.343 e. The fraction of sp³-hybridized carbons (Fsp3) is 0.150. The maximum absolute atomic E-state index is 2.48.